The molecule has 3 nitrogen and oxygen atoms in total. The van der Waals surface area contributed by atoms with Gasteiger partial charge in [-0.05, 0) is 31.2 Å². The van der Waals surface area contributed by atoms with Gasteiger partial charge in [-0.3, -0.25) is 5.84 Å². The molecule has 0 bridgehead atoms. The number of halogens is 1. The van der Waals surface area contributed by atoms with Crippen molar-refractivity contribution in [1.29, 1.82) is 0 Å². The van der Waals surface area contributed by atoms with Crippen LogP contribution in [0.4, 0.5) is 0 Å². The fourth-order valence-corrected chi connectivity index (χ4v) is 3.27. The molecule has 0 aliphatic carbocycles. The molecule has 98 valence electrons. The third kappa shape index (κ3) is 2.28. The van der Waals surface area contributed by atoms with Crippen LogP contribution in [0.1, 0.15) is 21.6 Å². The summed E-state index contributed by atoms with van der Waals surface area (Å²) >= 11 is 7.82. The van der Waals surface area contributed by atoms with E-state index in [2.05, 4.69) is 24.5 Å². The molecule has 0 saturated carbocycles. The van der Waals surface area contributed by atoms with Gasteiger partial charge in [0.15, 0.2) is 5.58 Å². The number of hydrazine groups is 1. The highest BCUT2D eigenvalue weighted by Crippen LogP contribution is 2.33. The fraction of sp³-hybridized carbons (Fsp3) is 0.143. The first-order valence-electron chi connectivity index (χ1n) is 5.89. The molecule has 1 aromatic carbocycles. The Hall–Kier alpha value is -1.33. The quantitative estimate of drug-likeness (QED) is 0.566. The van der Waals surface area contributed by atoms with E-state index in [4.69, 9.17) is 21.9 Å². The predicted molar refractivity (Wildman–Crippen MR) is 79.4 cm³/mol. The van der Waals surface area contributed by atoms with Gasteiger partial charge in [0, 0.05) is 15.1 Å². The van der Waals surface area contributed by atoms with Crippen LogP contribution in [0.5, 0.6) is 0 Å². The van der Waals surface area contributed by atoms with E-state index in [1.807, 2.05) is 24.3 Å². The van der Waals surface area contributed by atoms with Crippen LogP contribution in [0, 0.1) is 6.92 Å². The van der Waals surface area contributed by atoms with E-state index < -0.39 is 0 Å². The number of para-hydroxylation sites is 1. The van der Waals surface area contributed by atoms with E-state index in [0.29, 0.717) is 10.6 Å². The normalized spacial score (nSPS) is 13.0. The van der Waals surface area contributed by atoms with E-state index in [1.54, 1.807) is 11.3 Å². The van der Waals surface area contributed by atoms with Gasteiger partial charge < -0.3 is 4.42 Å². The number of thiophene rings is 1. The van der Waals surface area contributed by atoms with Gasteiger partial charge in [0.25, 0.3) is 0 Å². The Kier molecular flexibility index (Phi) is 3.33. The Bertz CT molecular complexity index is 719. The van der Waals surface area contributed by atoms with E-state index in [0.717, 1.165) is 16.0 Å². The molecular weight excluding hydrogens is 280 g/mol. The smallest absolute Gasteiger partial charge is 0.152 e. The minimum Gasteiger partial charge on any atom is -0.457 e. The molecule has 2 heterocycles. The lowest BCUT2D eigenvalue weighted by Crippen LogP contribution is -2.27. The highest BCUT2D eigenvalue weighted by Gasteiger charge is 2.19. The van der Waals surface area contributed by atoms with Crippen molar-refractivity contribution in [1.82, 2.24) is 5.43 Å². The molecule has 0 radical (unpaired) electrons. The van der Waals surface area contributed by atoms with Gasteiger partial charge in [-0.2, -0.15) is 0 Å². The second-order valence-corrected chi connectivity index (χ2v) is 6.08. The molecule has 5 heteroatoms. The summed E-state index contributed by atoms with van der Waals surface area (Å²) in [5.41, 5.74) is 3.50. The zero-order chi connectivity index (χ0) is 13.4. The summed E-state index contributed by atoms with van der Waals surface area (Å²) < 4.78 is 5.85. The molecule has 1 atom stereocenters. The maximum atomic E-state index is 6.13. The van der Waals surface area contributed by atoms with Crippen LogP contribution in [-0.2, 0) is 0 Å². The van der Waals surface area contributed by atoms with Crippen LogP contribution >= 0.6 is 22.9 Å². The first-order valence-corrected chi connectivity index (χ1v) is 7.09. The monoisotopic (exact) mass is 292 g/mol. The summed E-state index contributed by atoms with van der Waals surface area (Å²) in [5, 5.41) is 1.60. The maximum absolute atomic E-state index is 6.13. The van der Waals surface area contributed by atoms with Crippen LogP contribution in [0.25, 0.3) is 11.0 Å². The van der Waals surface area contributed by atoms with E-state index in [9.17, 15) is 0 Å². The summed E-state index contributed by atoms with van der Waals surface area (Å²) in [7, 11) is 0. The third-order valence-electron chi connectivity index (χ3n) is 3.01. The Morgan fingerprint density at radius 2 is 2.16 bits per heavy atom. The van der Waals surface area contributed by atoms with Crippen LogP contribution in [-0.4, -0.2) is 0 Å². The van der Waals surface area contributed by atoms with Crippen LogP contribution in [0.3, 0.4) is 0 Å². The number of nitrogens with one attached hydrogen (secondary N) is 1. The number of hydrogen-bond acceptors (Lipinski definition) is 4. The van der Waals surface area contributed by atoms with Crippen LogP contribution < -0.4 is 11.3 Å². The molecule has 3 N–H and O–H groups in total. The summed E-state index contributed by atoms with van der Waals surface area (Å²) in [6, 6.07) is 11.6. The minimum absolute atomic E-state index is 0.151. The lowest BCUT2D eigenvalue weighted by molar-refractivity contribution is 0.481. The van der Waals surface area contributed by atoms with E-state index in [1.165, 1.54) is 4.88 Å². The predicted octanol–water partition coefficient (Wildman–Crippen LogP) is 4.01. The van der Waals surface area contributed by atoms with Crippen molar-refractivity contribution in [2.24, 2.45) is 5.84 Å². The topological polar surface area (TPSA) is 51.2 Å². The van der Waals surface area contributed by atoms with Gasteiger partial charge in [0.05, 0.1) is 5.02 Å². The van der Waals surface area contributed by atoms with Gasteiger partial charge in [0.2, 0.25) is 0 Å². The van der Waals surface area contributed by atoms with Crippen molar-refractivity contribution in [2.45, 2.75) is 13.0 Å². The lowest BCUT2D eigenvalue weighted by atomic mass is 10.2. The van der Waals surface area contributed by atoms with Crippen LogP contribution in [0.2, 0.25) is 5.02 Å². The molecule has 2 aromatic heterocycles. The molecule has 0 fully saturated rings. The zero-order valence-electron chi connectivity index (χ0n) is 10.3. The average molecular weight is 293 g/mol. The van der Waals surface area contributed by atoms with Crippen molar-refractivity contribution < 1.29 is 4.42 Å². The Morgan fingerprint density at radius 3 is 2.79 bits per heavy atom. The summed E-state index contributed by atoms with van der Waals surface area (Å²) in [6.07, 6.45) is 0. The molecule has 0 spiro atoms. The number of nitrogens with two attached hydrogens (primary N) is 1. The van der Waals surface area contributed by atoms with Crippen LogP contribution in [0.15, 0.2) is 40.8 Å². The van der Waals surface area contributed by atoms with Crippen molar-refractivity contribution in [2.75, 3.05) is 0 Å². The first kappa shape index (κ1) is 12.7. The summed E-state index contributed by atoms with van der Waals surface area (Å²) in [6.45, 7) is 2.07. The number of fused-ring (bicyclic) bond motifs is 1. The highest BCUT2D eigenvalue weighted by atomic mass is 35.5. The molecule has 0 aliphatic heterocycles. The van der Waals surface area contributed by atoms with Crippen molar-refractivity contribution in [3.05, 3.63) is 56.9 Å². The molecule has 0 amide bonds. The largest absolute Gasteiger partial charge is 0.457 e. The molecular formula is C14H13ClN2OS. The maximum Gasteiger partial charge on any atom is 0.152 e. The lowest BCUT2D eigenvalue weighted by Gasteiger charge is -2.10. The Balaban J connectivity index is 2.09. The summed E-state index contributed by atoms with van der Waals surface area (Å²) in [5.74, 6) is 6.44. The van der Waals surface area contributed by atoms with Gasteiger partial charge in [-0.25, -0.2) is 5.43 Å². The van der Waals surface area contributed by atoms with Gasteiger partial charge >= 0.3 is 0 Å². The molecule has 3 aromatic rings. The van der Waals surface area contributed by atoms with E-state index in [-0.39, 0.29) is 6.04 Å². The summed E-state index contributed by atoms with van der Waals surface area (Å²) in [4.78, 5) is 2.36. The van der Waals surface area contributed by atoms with Crippen molar-refractivity contribution in [3.8, 4) is 0 Å². The number of rotatable bonds is 3. The van der Waals surface area contributed by atoms with Gasteiger partial charge in [-0.1, -0.05) is 23.7 Å². The first-order chi connectivity index (χ1) is 9.19. The second kappa shape index (κ2) is 4.98. The number of benzene rings is 1. The Morgan fingerprint density at radius 1 is 1.32 bits per heavy atom. The second-order valence-electron chi connectivity index (χ2n) is 4.36. The minimum atomic E-state index is -0.151. The molecule has 1 unspecified atom stereocenters. The fourth-order valence-electron chi connectivity index (χ4n) is 2.10. The molecule has 3 rings (SSSR count). The molecule has 0 aliphatic rings. The van der Waals surface area contributed by atoms with Gasteiger partial charge in [-0.15, -0.1) is 11.3 Å². The average Bonchev–Trinajstić information content (AvgIpc) is 2.98. The number of furan rings is 1. The van der Waals surface area contributed by atoms with Gasteiger partial charge in [0.1, 0.15) is 11.8 Å². The zero-order valence-corrected chi connectivity index (χ0v) is 11.9. The van der Waals surface area contributed by atoms with Crippen molar-refractivity contribution in [3.63, 3.8) is 0 Å². The van der Waals surface area contributed by atoms with Crippen molar-refractivity contribution >= 4 is 33.9 Å². The number of hydrogen-bond donors (Lipinski definition) is 2. The highest BCUT2D eigenvalue weighted by molar-refractivity contribution is 7.12. The molecule has 0 saturated heterocycles. The van der Waals surface area contributed by atoms with E-state index >= 15 is 0 Å². The molecule has 19 heavy (non-hydrogen) atoms. The Labute approximate surface area is 119 Å². The SMILES string of the molecule is Cc1ccc(C(NN)c2cc3cccc(Cl)c3o2)s1. The third-order valence-corrected chi connectivity index (χ3v) is 4.38. The standard InChI is InChI=1S/C14H13ClN2OS/c1-8-5-6-12(19-8)13(17-16)11-7-9-3-2-4-10(15)14(9)18-11/h2-7,13,17H,16H2,1H3. The number of aryl methyl sites for hydroxylation is 1.